The van der Waals surface area contributed by atoms with Crippen molar-refractivity contribution >= 4 is 36.4 Å². The van der Waals surface area contributed by atoms with E-state index < -0.39 is 0 Å². The Morgan fingerprint density at radius 2 is 2.08 bits per heavy atom. The molecule has 0 fully saturated rings. The zero-order chi connectivity index (χ0) is 16.4. The topological polar surface area (TPSA) is 71.5 Å². The maximum atomic E-state index is 12.3. The van der Waals surface area contributed by atoms with E-state index in [0.29, 0.717) is 24.9 Å². The first-order chi connectivity index (χ1) is 11.1. The smallest absolute Gasteiger partial charge is 0.287 e. The van der Waals surface area contributed by atoms with Crippen molar-refractivity contribution in [2.75, 3.05) is 11.4 Å². The van der Waals surface area contributed by atoms with E-state index in [2.05, 4.69) is 41.4 Å². The molecule has 0 radical (unpaired) electrons. The van der Waals surface area contributed by atoms with Crippen LogP contribution >= 0.6 is 24.8 Å². The van der Waals surface area contributed by atoms with E-state index in [4.69, 9.17) is 10.2 Å². The molecule has 0 saturated carbocycles. The first-order valence-corrected chi connectivity index (χ1v) is 8.02. The molecule has 1 unspecified atom stereocenters. The van der Waals surface area contributed by atoms with E-state index in [1.807, 2.05) is 13.0 Å². The average molecular weight is 386 g/mol. The Morgan fingerprint density at radius 1 is 1.36 bits per heavy atom. The van der Waals surface area contributed by atoms with Gasteiger partial charge in [0.05, 0.1) is 6.26 Å². The van der Waals surface area contributed by atoms with Crippen LogP contribution in [0, 0.1) is 0 Å². The minimum absolute atomic E-state index is 0. The lowest BCUT2D eigenvalue weighted by molar-refractivity contribution is 0.0912. The van der Waals surface area contributed by atoms with Crippen LogP contribution in [0.3, 0.4) is 0 Å². The number of hydrogen-bond acceptors (Lipinski definition) is 4. The molecule has 0 aliphatic carbocycles. The number of nitrogens with two attached hydrogens (primary N) is 1. The highest BCUT2D eigenvalue weighted by molar-refractivity contribution is 5.93. The summed E-state index contributed by atoms with van der Waals surface area (Å²) in [6.07, 6.45) is 2.60. The Morgan fingerprint density at radius 3 is 2.80 bits per heavy atom. The van der Waals surface area contributed by atoms with Crippen molar-refractivity contribution in [1.29, 1.82) is 0 Å². The Hall–Kier alpha value is -1.69. The van der Waals surface area contributed by atoms with Gasteiger partial charge in [0.25, 0.3) is 5.91 Å². The van der Waals surface area contributed by atoms with E-state index in [9.17, 15) is 4.79 Å². The van der Waals surface area contributed by atoms with Crippen LogP contribution < -0.4 is 16.0 Å². The molecule has 0 bridgehead atoms. The van der Waals surface area contributed by atoms with E-state index in [0.717, 1.165) is 12.0 Å². The summed E-state index contributed by atoms with van der Waals surface area (Å²) in [5.74, 6) is 0.171. The zero-order valence-corrected chi connectivity index (χ0v) is 16.0. The fraction of sp³-hybridized carbons (Fsp3) is 0.389. The second-order valence-corrected chi connectivity index (χ2v) is 6.19. The number of carbonyl (C=O) groups is 1. The summed E-state index contributed by atoms with van der Waals surface area (Å²) in [5, 5.41) is 2.85. The highest BCUT2D eigenvalue weighted by Gasteiger charge is 2.27. The highest BCUT2D eigenvalue weighted by atomic mass is 35.5. The van der Waals surface area contributed by atoms with Gasteiger partial charge in [-0.1, -0.05) is 18.2 Å². The molecule has 1 aromatic heterocycles. The van der Waals surface area contributed by atoms with Gasteiger partial charge in [0.15, 0.2) is 5.76 Å². The van der Waals surface area contributed by atoms with Crippen LogP contribution in [0.5, 0.6) is 0 Å². The summed E-state index contributed by atoms with van der Waals surface area (Å²) in [4.78, 5) is 14.6. The lowest BCUT2D eigenvalue weighted by Crippen LogP contribution is -2.38. The third-order valence-corrected chi connectivity index (χ3v) is 4.37. The molecule has 2 heterocycles. The van der Waals surface area contributed by atoms with Gasteiger partial charge in [-0.3, -0.25) is 4.79 Å². The fourth-order valence-corrected chi connectivity index (χ4v) is 3.06. The molecule has 1 aromatic carbocycles. The molecule has 7 heteroatoms. The number of nitrogens with zero attached hydrogens (tertiary/aromatic N) is 1. The summed E-state index contributed by atoms with van der Waals surface area (Å²) >= 11 is 0. The van der Waals surface area contributed by atoms with Gasteiger partial charge in [-0.05, 0) is 38.0 Å². The van der Waals surface area contributed by atoms with E-state index in [-0.39, 0.29) is 36.8 Å². The number of furan rings is 1. The monoisotopic (exact) mass is 385 g/mol. The second kappa shape index (κ2) is 9.13. The number of halogens is 2. The largest absolute Gasteiger partial charge is 0.459 e. The number of hydrogen-bond donors (Lipinski definition) is 2. The van der Waals surface area contributed by atoms with Gasteiger partial charge in [-0.25, -0.2) is 0 Å². The maximum absolute atomic E-state index is 12.3. The van der Waals surface area contributed by atoms with Crippen LogP contribution in [0.1, 0.15) is 35.5 Å². The molecule has 1 aliphatic rings. The van der Waals surface area contributed by atoms with Gasteiger partial charge in [-0.2, -0.15) is 0 Å². The molecule has 3 N–H and O–H groups in total. The quantitative estimate of drug-likeness (QED) is 0.828. The number of para-hydroxylation sites is 1. The number of carbonyl (C=O) groups excluding carboxylic acids is 1. The molecule has 2 aromatic rings. The van der Waals surface area contributed by atoms with Crippen molar-refractivity contribution in [2.45, 2.75) is 38.9 Å². The summed E-state index contributed by atoms with van der Waals surface area (Å²) < 4.78 is 5.43. The Kier molecular flexibility index (Phi) is 7.80. The summed E-state index contributed by atoms with van der Waals surface area (Å²) in [6, 6.07) is 10.6. The Labute approximate surface area is 160 Å². The fourth-order valence-electron chi connectivity index (χ4n) is 3.06. The highest BCUT2D eigenvalue weighted by Crippen LogP contribution is 2.33. The van der Waals surface area contributed by atoms with Gasteiger partial charge in [0, 0.05) is 36.4 Å². The number of benzene rings is 1. The summed E-state index contributed by atoms with van der Waals surface area (Å²) in [7, 11) is 0. The van der Waals surface area contributed by atoms with Crippen molar-refractivity contribution < 1.29 is 9.21 Å². The van der Waals surface area contributed by atoms with E-state index >= 15 is 0 Å². The van der Waals surface area contributed by atoms with Crippen molar-refractivity contribution in [1.82, 2.24) is 5.32 Å². The van der Waals surface area contributed by atoms with Crippen molar-refractivity contribution in [3.05, 3.63) is 53.5 Å². The molecule has 1 amide bonds. The molecule has 138 valence electrons. The van der Waals surface area contributed by atoms with E-state index in [1.165, 1.54) is 11.3 Å². The minimum atomic E-state index is -0.205. The molecule has 0 saturated heterocycles. The SMILES string of the molecule is CC1Cc2ccccc2N1Cc1ccoc1C(=O)N[C@@H](C)CN.Cl.Cl. The summed E-state index contributed by atoms with van der Waals surface area (Å²) in [6.45, 7) is 5.14. The number of amides is 1. The Balaban J connectivity index is 0.00000156. The lowest BCUT2D eigenvalue weighted by atomic mass is 10.1. The predicted molar refractivity (Wildman–Crippen MR) is 105 cm³/mol. The molecule has 1 aliphatic heterocycles. The molecule has 3 rings (SSSR count). The van der Waals surface area contributed by atoms with Crippen LogP contribution in [-0.2, 0) is 13.0 Å². The van der Waals surface area contributed by atoms with Gasteiger partial charge < -0.3 is 20.4 Å². The molecule has 0 spiro atoms. The average Bonchev–Trinajstić information content (AvgIpc) is 3.13. The minimum Gasteiger partial charge on any atom is -0.459 e. The van der Waals surface area contributed by atoms with Crippen LogP contribution in [0.4, 0.5) is 5.69 Å². The van der Waals surface area contributed by atoms with Crippen molar-refractivity contribution in [2.24, 2.45) is 5.73 Å². The van der Waals surface area contributed by atoms with Crippen LogP contribution in [0.25, 0.3) is 0 Å². The van der Waals surface area contributed by atoms with Crippen molar-refractivity contribution in [3.8, 4) is 0 Å². The first kappa shape index (κ1) is 21.4. The second-order valence-electron chi connectivity index (χ2n) is 6.19. The Bertz CT molecular complexity index is 705. The number of nitrogens with one attached hydrogen (secondary N) is 1. The van der Waals surface area contributed by atoms with Crippen LogP contribution in [0.2, 0.25) is 0 Å². The van der Waals surface area contributed by atoms with Gasteiger partial charge in [0.2, 0.25) is 0 Å². The molecular formula is C18H25Cl2N3O2. The molecule has 25 heavy (non-hydrogen) atoms. The van der Waals surface area contributed by atoms with Gasteiger partial charge in [0.1, 0.15) is 0 Å². The van der Waals surface area contributed by atoms with E-state index in [1.54, 1.807) is 6.26 Å². The third-order valence-electron chi connectivity index (χ3n) is 4.37. The maximum Gasteiger partial charge on any atom is 0.287 e. The standard InChI is InChI=1S/C18H23N3O2.2ClH/c1-12(10-19)20-18(22)17-15(7-8-23-17)11-21-13(2)9-14-5-3-4-6-16(14)21;;/h3-8,12-13H,9-11,19H2,1-2H3,(H,20,22);2*1H/t12-,13?;;/m0../s1. The first-order valence-electron chi connectivity index (χ1n) is 8.02. The zero-order valence-electron chi connectivity index (χ0n) is 14.4. The summed E-state index contributed by atoms with van der Waals surface area (Å²) in [5.41, 5.74) is 9.05. The van der Waals surface area contributed by atoms with Gasteiger partial charge >= 0.3 is 0 Å². The number of anilines is 1. The number of rotatable bonds is 5. The normalized spacial score (nSPS) is 16.4. The predicted octanol–water partition coefficient (Wildman–Crippen LogP) is 3.15. The van der Waals surface area contributed by atoms with Gasteiger partial charge in [-0.15, -0.1) is 24.8 Å². The lowest BCUT2D eigenvalue weighted by Gasteiger charge is -2.24. The van der Waals surface area contributed by atoms with Crippen LogP contribution in [-0.4, -0.2) is 24.5 Å². The molecular weight excluding hydrogens is 361 g/mol. The van der Waals surface area contributed by atoms with Crippen molar-refractivity contribution in [3.63, 3.8) is 0 Å². The van der Waals surface area contributed by atoms with Crippen LogP contribution in [0.15, 0.2) is 41.0 Å². The number of fused-ring (bicyclic) bond motifs is 1. The third kappa shape index (κ3) is 4.48. The molecule has 5 nitrogen and oxygen atoms in total. The molecule has 2 atom stereocenters.